The second kappa shape index (κ2) is 10.2. The number of rotatable bonds is 9. The molecule has 0 spiro atoms. The Morgan fingerprint density at radius 2 is 1.61 bits per heavy atom. The molecule has 8 heteroatoms. The van der Waals surface area contributed by atoms with Crippen molar-refractivity contribution in [2.75, 3.05) is 7.11 Å². The number of carbonyl (C=O) groups is 2. The summed E-state index contributed by atoms with van der Waals surface area (Å²) in [5, 5.41) is 2.71. The molecule has 0 aromatic heterocycles. The monoisotopic (exact) mass is 405 g/mol. The molecular formula is C20H24NO6P. The quantitative estimate of drug-likeness (QED) is 0.436. The third kappa shape index (κ3) is 7.64. The molecule has 0 aliphatic rings. The summed E-state index contributed by atoms with van der Waals surface area (Å²) >= 11 is 0. The van der Waals surface area contributed by atoms with Crippen LogP contribution in [0.1, 0.15) is 23.1 Å². The molecule has 2 rings (SSSR count). The first-order valence-electron chi connectivity index (χ1n) is 8.80. The highest BCUT2D eigenvalue weighted by Crippen LogP contribution is 2.38. The smallest absolute Gasteiger partial charge is 0.329 e. The predicted octanol–water partition coefficient (Wildman–Crippen LogP) is 2.20. The molecule has 7 nitrogen and oxygen atoms in total. The maximum Gasteiger partial charge on any atom is 0.329 e. The van der Waals surface area contributed by atoms with Crippen LogP contribution in [0.3, 0.4) is 0 Å². The van der Waals surface area contributed by atoms with E-state index in [1.165, 1.54) is 7.11 Å². The lowest BCUT2D eigenvalue weighted by atomic mass is 10.0. The molecule has 0 aliphatic heterocycles. The van der Waals surface area contributed by atoms with Gasteiger partial charge in [-0.2, -0.15) is 0 Å². The van der Waals surface area contributed by atoms with Gasteiger partial charge in [-0.25, -0.2) is 4.79 Å². The molecule has 0 fully saturated rings. The van der Waals surface area contributed by atoms with Gasteiger partial charge in [-0.15, -0.1) is 0 Å². The van der Waals surface area contributed by atoms with E-state index >= 15 is 0 Å². The molecule has 0 radical (unpaired) electrons. The van der Waals surface area contributed by atoms with E-state index in [1.807, 2.05) is 30.3 Å². The maximum absolute atomic E-state index is 12.3. The number of carbonyl (C=O) groups excluding carboxylic acids is 2. The number of amides is 1. The van der Waals surface area contributed by atoms with Crippen molar-refractivity contribution in [2.45, 2.75) is 31.5 Å². The Labute approximate surface area is 163 Å². The number of nitrogens with one attached hydrogen (secondary N) is 1. The average Bonchev–Trinajstić information content (AvgIpc) is 2.66. The van der Waals surface area contributed by atoms with Gasteiger partial charge in [0.2, 0.25) is 5.91 Å². The molecule has 0 saturated heterocycles. The van der Waals surface area contributed by atoms with E-state index in [0.29, 0.717) is 18.4 Å². The molecule has 0 heterocycles. The lowest BCUT2D eigenvalue weighted by Gasteiger charge is -2.16. The van der Waals surface area contributed by atoms with Crippen molar-refractivity contribution in [3.05, 3.63) is 71.3 Å². The fraction of sp³-hybridized carbons (Fsp3) is 0.300. The number of aryl methyl sites for hydroxylation is 1. The van der Waals surface area contributed by atoms with E-state index in [9.17, 15) is 14.2 Å². The highest BCUT2D eigenvalue weighted by Gasteiger charge is 2.21. The fourth-order valence-electron chi connectivity index (χ4n) is 2.76. The summed E-state index contributed by atoms with van der Waals surface area (Å²) in [4.78, 5) is 42.2. The van der Waals surface area contributed by atoms with Gasteiger partial charge in [0, 0.05) is 12.8 Å². The summed E-state index contributed by atoms with van der Waals surface area (Å²) in [5.41, 5.74) is 2.32. The van der Waals surface area contributed by atoms with Gasteiger partial charge in [0.1, 0.15) is 6.04 Å². The first kappa shape index (κ1) is 21.8. The lowest BCUT2D eigenvalue weighted by molar-refractivity contribution is -0.145. The Bertz CT molecular complexity index is 832. The van der Waals surface area contributed by atoms with Gasteiger partial charge in [-0.05, 0) is 23.1 Å². The van der Waals surface area contributed by atoms with E-state index in [1.54, 1.807) is 24.3 Å². The number of benzene rings is 2. The Kier molecular flexibility index (Phi) is 7.93. The molecule has 0 aliphatic carbocycles. The van der Waals surface area contributed by atoms with Crippen molar-refractivity contribution in [1.29, 1.82) is 0 Å². The Balaban J connectivity index is 1.90. The molecular weight excluding hydrogens is 381 g/mol. The van der Waals surface area contributed by atoms with Crippen molar-refractivity contribution in [2.24, 2.45) is 0 Å². The Hall–Kier alpha value is -2.47. The normalized spacial score (nSPS) is 12.2. The van der Waals surface area contributed by atoms with Gasteiger partial charge < -0.3 is 19.8 Å². The van der Waals surface area contributed by atoms with Crippen molar-refractivity contribution >= 4 is 19.5 Å². The zero-order chi connectivity index (χ0) is 20.6. The first-order chi connectivity index (χ1) is 13.3. The number of esters is 1. The molecule has 2 aromatic rings. The summed E-state index contributed by atoms with van der Waals surface area (Å²) in [6, 6.07) is 15.3. The molecule has 3 N–H and O–H groups in total. The Morgan fingerprint density at radius 1 is 1.00 bits per heavy atom. The summed E-state index contributed by atoms with van der Waals surface area (Å²) in [6.07, 6.45) is 0.658. The van der Waals surface area contributed by atoms with Crippen molar-refractivity contribution in [1.82, 2.24) is 5.32 Å². The van der Waals surface area contributed by atoms with Gasteiger partial charge in [0.25, 0.3) is 0 Å². The van der Waals surface area contributed by atoms with E-state index in [4.69, 9.17) is 14.5 Å². The van der Waals surface area contributed by atoms with Crippen LogP contribution in [-0.2, 0) is 37.9 Å². The molecule has 0 saturated carbocycles. The minimum atomic E-state index is -4.10. The van der Waals surface area contributed by atoms with Crippen LogP contribution in [0.15, 0.2) is 54.6 Å². The first-order valence-corrected chi connectivity index (χ1v) is 10.6. The third-order valence-corrected chi connectivity index (χ3v) is 4.93. The SMILES string of the molecule is COC(=O)[C@H](Cc1ccccc1)NC(=O)CCc1ccc(CP(=O)(O)O)cc1. The highest BCUT2D eigenvalue weighted by molar-refractivity contribution is 7.50. The second-order valence-electron chi connectivity index (χ2n) is 6.47. The standard InChI is InChI=1S/C20H24NO6P/c1-27-20(23)18(13-16-5-3-2-4-6-16)21-19(22)12-11-15-7-9-17(10-8-15)14-28(24,25)26/h2-10,18H,11-14H2,1H3,(H,21,22)(H2,24,25,26)/t18-/m0/s1. The molecule has 150 valence electrons. The average molecular weight is 405 g/mol. The summed E-state index contributed by atoms with van der Waals surface area (Å²) in [7, 11) is -2.82. The molecule has 2 aromatic carbocycles. The minimum Gasteiger partial charge on any atom is -0.467 e. The van der Waals surface area contributed by atoms with Gasteiger partial charge in [-0.3, -0.25) is 9.36 Å². The van der Waals surface area contributed by atoms with E-state index in [-0.39, 0.29) is 18.5 Å². The zero-order valence-electron chi connectivity index (χ0n) is 15.6. The molecule has 1 atom stereocenters. The van der Waals surface area contributed by atoms with Crippen LogP contribution in [0.2, 0.25) is 0 Å². The molecule has 1 amide bonds. The van der Waals surface area contributed by atoms with Crippen LogP contribution >= 0.6 is 7.60 Å². The van der Waals surface area contributed by atoms with Crippen LogP contribution in [0.25, 0.3) is 0 Å². The van der Waals surface area contributed by atoms with Gasteiger partial charge >= 0.3 is 13.6 Å². The van der Waals surface area contributed by atoms with E-state index in [2.05, 4.69) is 5.32 Å². The van der Waals surface area contributed by atoms with Crippen LogP contribution in [0, 0.1) is 0 Å². The minimum absolute atomic E-state index is 0.181. The van der Waals surface area contributed by atoms with E-state index in [0.717, 1.165) is 11.1 Å². The maximum atomic E-state index is 12.3. The number of hydrogen-bond acceptors (Lipinski definition) is 4. The molecule has 0 bridgehead atoms. The number of hydrogen-bond donors (Lipinski definition) is 3. The van der Waals surface area contributed by atoms with Crippen LogP contribution in [0.5, 0.6) is 0 Å². The van der Waals surface area contributed by atoms with Crippen LogP contribution in [0.4, 0.5) is 0 Å². The lowest BCUT2D eigenvalue weighted by Crippen LogP contribution is -2.43. The summed E-state index contributed by atoms with van der Waals surface area (Å²) in [6.45, 7) is 0. The Morgan fingerprint density at radius 3 is 2.18 bits per heavy atom. The summed E-state index contributed by atoms with van der Waals surface area (Å²) < 4.78 is 15.8. The van der Waals surface area contributed by atoms with Crippen molar-refractivity contribution < 1.29 is 28.7 Å². The second-order valence-corrected chi connectivity index (χ2v) is 8.12. The van der Waals surface area contributed by atoms with Crippen molar-refractivity contribution in [3.8, 4) is 0 Å². The third-order valence-electron chi connectivity index (χ3n) is 4.16. The predicted molar refractivity (Wildman–Crippen MR) is 105 cm³/mol. The number of ether oxygens (including phenoxy) is 1. The highest BCUT2D eigenvalue weighted by atomic mass is 31.2. The summed E-state index contributed by atoms with van der Waals surface area (Å²) in [5.74, 6) is -0.774. The molecule has 28 heavy (non-hydrogen) atoms. The van der Waals surface area contributed by atoms with Crippen molar-refractivity contribution in [3.63, 3.8) is 0 Å². The zero-order valence-corrected chi connectivity index (χ0v) is 16.5. The van der Waals surface area contributed by atoms with Gasteiger partial charge in [0.05, 0.1) is 13.3 Å². The number of methoxy groups -OCH3 is 1. The fourth-order valence-corrected chi connectivity index (χ4v) is 3.45. The van der Waals surface area contributed by atoms with Gasteiger partial charge in [-0.1, -0.05) is 54.6 Å². The van der Waals surface area contributed by atoms with Crippen LogP contribution < -0.4 is 5.32 Å². The largest absolute Gasteiger partial charge is 0.467 e. The van der Waals surface area contributed by atoms with E-state index < -0.39 is 19.6 Å². The van der Waals surface area contributed by atoms with Gasteiger partial charge in [0.15, 0.2) is 0 Å². The topological polar surface area (TPSA) is 113 Å². The molecule has 0 unspecified atom stereocenters. The van der Waals surface area contributed by atoms with Crippen LogP contribution in [-0.4, -0.2) is 34.8 Å².